The highest BCUT2D eigenvalue weighted by molar-refractivity contribution is 6.03. The van der Waals surface area contributed by atoms with Crippen molar-refractivity contribution >= 4 is 23.2 Å². The van der Waals surface area contributed by atoms with Gasteiger partial charge >= 0.3 is 0 Å². The Morgan fingerprint density at radius 3 is 2.48 bits per heavy atom. The number of nitrogens with zero attached hydrogens (tertiary/aromatic N) is 1. The van der Waals surface area contributed by atoms with Gasteiger partial charge in [0.1, 0.15) is 5.82 Å². The fraction of sp³-hybridized carbons (Fsp3) is 0.300. The van der Waals surface area contributed by atoms with Gasteiger partial charge in [-0.05, 0) is 35.7 Å². The maximum atomic E-state index is 13.9. The lowest BCUT2D eigenvalue weighted by molar-refractivity contribution is -0.122. The summed E-state index contributed by atoms with van der Waals surface area (Å²) in [5.41, 5.74) is 2.12. The molecule has 1 N–H and O–H groups in total. The summed E-state index contributed by atoms with van der Waals surface area (Å²) in [6.45, 7) is 4.40. The maximum Gasteiger partial charge on any atom is 0.229 e. The molecule has 1 fully saturated rings. The normalized spacial score (nSPS) is 17.2. The van der Waals surface area contributed by atoms with E-state index in [1.165, 1.54) is 16.5 Å². The summed E-state index contributed by atoms with van der Waals surface area (Å²) < 4.78 is 13.9. The summed E-state index contributed by atoms with van der Waals surface area (Å²) in [6.07, 6.45) is 0.0875. The number of carbonyl (C=O) groups is 2. The molecule has 130 valence electrons. The van der Waals surface area contributed by atoms with Crippen molar-refractivity contribution in [3.05, 3.63) is 59.9 Å². The molecule has 5 heteroatoms. The minimum Gasteiger partial charge on any atom is -0.326 e. The van der Waals surface area contributed by atoms with Gasteiger partial charge in [-0.2, -0.15) is 0 Å². The number of para-hydroxylation sites is 1. The molecule has 3 rings (SSSR count). The first kappa shape index (κ1) is 17.1. The molecule has 0 unspecified atom stereocenters. The predicted octanol–water partition coefficient (Wildman–Crippen LogP) is 3.94. The molecule has 1 heterocycles. The minimum absolute atomic E-state index is 0.0875. The number of hydrogen-bond acceptors (Lipinski definition) is 2. The van der Waals surface area contributed by atoms with Crippen LogP contribution in [-0.2, 0) is 9.59 Å². The van der Waals surface area contributed by atoms with E-state index >= 15 is 0 Å². The number of anilines is 2. The van der Waals surface area contributed by atoms with Gasteiger partial charge in [0.25, 0.3) is 0 Å². The lowest BCUT2D eigenvalue weighted by atomic mass is 10.0. The van der Waals surface area contributed by atoms with Crippen LogP contribution in [0.3, 0.4) is 0 Å². The van der Waals surface area contributed by atoms with E-state index in [0.717, 1.165) is 0 Å². The molecule has 4 nitrogen and oxygen atoms in total. The zero-order chi connectivity index (χ0) is 18.0. The van der Waals surface area contributed by atoms with E-state index in [4.69, 9.17) is 0 Å². The van der Waals surface area contributed by atoms with Crippen LogP contribution in [0.4, 0.5) is 15.8 Å². The Labute approximate surface area is 146 Å². The lowest BCUT2D eigenvalue weighted by Gasteiger charge is -2.17. The van der Waals surface area contributed by atoms with Crippen LogP contribution >= 0.6 is 0 Å². The zero-order valence-electron chi connectivity index (χ0n) is 14.3. The number of benzene rings is 2. The smallest absolute Gasteiger partial charge is 0.229 e. The first-order chi connectivity index (χ1) is 12.0. The topological polar surface area (TPSA) is 49.4 Å². The van der Waals surface area contributed by atoms with E-state index < -0.39 is 11.7 Å². The van der Waals surface area contributed by atoms with Crippen LogP contribution in [-0.4, -0.2) is 18.4 Å². The molecule has 0 aliphatic carbocycles. The van der Waals surface area contributed by atoms with Crippen LogP contribution < -0.4 is 10.2 Å². The second-order valence-electron chi connectivity index (χ2n) is 6.62. The molecule has 1 atom stereocenters. The molecule has 0 radical (unpaired) electrons. The Morgan fingerprint density at radius 1 is 1.16 bits per heavy atom. The molecule has 1 aliphatic heterocycles. The van der Waals surface area contributed by atoms with Crippen molar-refractivity contribution in [1.29, 1.82) is 0 Å². The van der Waals surface area contributed by atoms with Gasteiger partial charge in [0.15, 0.2) is 0 Å². The molecular weight excluding hydrogens is 319 g/mol. The van der Waals surface area contributed by atoms with Gasteiger partial charge in [0.05, 0.1) is 11.6 Å². The monoisotopic (exact) mass is 340 g/mol. The highest BCUT2D eigenvalue weighted by Crippen LogP contribution is 2.28. The van der Waals surface area contributed by atoms with E-state index in [9.17, 15) is 14.0 Å². The van der Waals surface area contributed by atoms with Crippen molar-refractivity contribution in [2.24, 2.45) is 5.92 Å². The Morgan fingerprint density at radius 2 is 1.84 bits per heavy atom. The van der Waals surface area contributed by atoms with E-state index in [0.29, 0.717) is 11.6 Å². The standard InChI is InChI=1S/C20H21FN2O2/c1-13(2)14-7-9-16(10-8-14)22-20(25)15-11-19(24)23(12-15)18-6-4-3-5-17(18)21/h3-10,13,15H,11-12H2,1-2H3,(H,22,25)/t15-/m0/s1. The number of nitrogens with one attached hydrogen (secondary N) is 1. The molecule has 1 aliphatic rings. The second-order valence-corrected chi connectivity index (χ2v) is 6.62. The third kappa shape index (κ3) is 3.71. The number of rotatable bonds is 4. The van der Waals surface area contributed by atoms with Gasteiger partial charge in [-0.25, -0.2) is 4.39 Å². The Bertz CT molecular complexity index is 787. The number of amides is 2. The van der Waals surface area contributed by atoms with Crippen LogP contribution in [0.15, 0.2) is 48.5 Å². The molecule has 2 aromatic rings. The van der Waals surface area contributed by atoms with Crippen molar-refractivity contribution in [3.63, 3.8) is 0 Å². The summed E-state index contributed by atoms with van der Waals surface area (Å²) in [5.74, 6) is -0.977. The summed E-state index contributed by atoms with van der Waals surface area (Å²) in [4.78, 5) is 26.0. The van der Waals surface area contributed by atoms with E-state index in [1.54, 1.807) is 18.2 Å². The van der Waals surface area contributed by atoms with Crippen LogP contribution in [0.1, 0.15) is 31.7 Å². The molecule has 1 saturated heterocycles. The molecule has 2 aromatic carbocycles. The first-order valence-corrected chi connectivity index (χ1v) is 8.41. The first-order valence-electron chi connectivity index (χ1n) is 8.41. The van der Waals surface area contributed by atoms with E-state index in [2.05, 4.69) is 19.2 Å². The van der Waals surface area contributed by atoms with Crippen LogP contribution in [0.25, 0.3) is 0 Å². The van der Waals surface area contributed by atoms with Crippen LogP contribution in [0, 0.1) is 11.7 Å². The zero-order valence-corrected chi connectivity index (χ0v) is 14.3. The number of carbonyl (C=O) groups excluding carboxylic acids is 2. The van der Waals surface area contributed by atoms with Gasteiger partial charge in [-0.15, -0.1) is 0 Å². The summed E-state index contributed by atoms with van der Waals surface area (Å²) >= 11 is 0. The highest BCUT2D eigenvalue weighted by atomic mass is 19.1. The predicted molar refractivity (Wildman–Crippen MR) is 96.0 cm³/mol. The van der Waals surface area contributed by atoms with Gasteiger partial charge in [0, 0.05) is 18.7 Å². The van der Waals surface area contributed by atoms with Crippen molar-refractivity contribution in [2.45, 2.75) is 26.2 Å². The van der Waals surface area contributed by atoms with Crippen molar-refractivity contribution in [3.8, 4) is 0 Å². The van der Waals surface area contributed by atoms with Crippen LogP contribution in [0.2, 0.25) is 0 Å². The van der Waals surface area contributed by atoms with Crippen molar-refractivity contribution in [2.75, 3.05) is 16.8 Å². The fourth-order valence-corrected chi connectivity index (χ4v) is 2.98. The Balaban J connectivity index is 1.67. The number of hydrogen-bond donors (Lipinski definition) is 1. The molecule has 25 heavy (non-hydrogen) atoms. The second kappa shape index (κ2) is 7.05. The lowest BCUT2D eigenvalue weighted by Crippen LogP contribution is -2.28. The summed E-state index contributed by atoms with van der Waals surface area (Å²) in [5, 5.41) is 2.85. The van der Waals surface area contributed by atoms with Crippen molar-refractivity contribution < 1.29 is 14.0 Å². The van der Waals surface area contributed by atoms with E-state index in [-0.39, 0.29) is 30.5 Å². The van der Waals surface area contributed by atoms with Gasteiger partial charge in [-0.3, -0.25) is 9.59 Å². The molecular formula is C20H21FN2O2. The largest absolute Gasteiger partial charge is 0.326 e. The van der Waals surface area contributed by atoms with E-state index in [1.807, 2.05) is 24.3 Å². The van der Waals surface area contributed by atoms with Gasteiger partial charge < -0.3 is 10.2 Å². The third-order valence-electron chi connectivity index (χ3n) is 4.48. The van der Waals surface area contributed by atoms with Gasteiger partial charge in [0.2, 0.25) is 11.8 Å². The molecule has 0 saturated carbocycles. The van der Waals surface area contributed by atoms with Gasteiger partial charge in [-0.1, -0.05) is 38.1 Å². The minimum atomic E-state index is -0.489. The summed E-state index contributed by atoms with van der Waals surface area (Å²) in [6, 6.07) is 13.8. The average molecular weight is 340 g/mol. The third-order valence-corrected chi connectivity index (χ3v) is 4.48. The highest BCUT2D eigenvalue weighted by Gasteiger charge is 2.36. The Kier molecular flexibility index (Phi) is 4.83. The molecule has 2 amide bonds. The quantitative estimate of drug-likeness (QED) is 0.916. The average Bonchev–Trinajstić information content (AvgIpc) is 2.97. The van der Waals surface area contributed by atoms with Crippen LogP contribution in [0.5, 0.6) is 0 Å². The SMILES string of the molecule is CC(C)c1ccc(NC(=O)[C@H]2CC(=O)N(c3ccccc3F)C2)cc1. The molecule has 0 bridgehead atoms. The fourth-order valence-electron chi connectivity index (χ4n) is 2.98. The number of halogens is 1. The molecule has 0 spiro atoms. The maximum absolute atomic E-state index is 13.9. The summed E-state index contributed by atoms with van der Waals surface area (Å²) in [7, 11) is 0. The molecule has 0 aromatic heterocycles. The van der Waals surface area contributed by atoms with Crippen molar-refractivity contribution in [1.82, 2.24) is 0 Å². The Hall–Kier alpha value is -2.69.